The van der Waals surface area contributed by atoms with Crippen LogP contribution in [0.25, 0.3) is 66.1 Å². The first kappa shape index (κ1) is 46.2. The van der Waals surface area contributed by atoms with E-state index in [0.29, 0.717) is 0 Å². The van der Waals surface area contributed by atoms with Crippen molar-refractivity contribution in [1.82, 2.24) is 0 Å². The Morgan fingerprint density at radius 3 is 1.20 bits per heavy atom. The summed E-state index contributed by atoms with van der Waals surface area (Å²) in [6.07, 6.45) is 0. The Morgan fingerprint density at radius 2 is 0.741 bits per heavy atom. The molecular formula is C74H53BN2O4. The first-order valence-electron chi connectivity index (χ1n) is 28.2. The molecular weight excluding hydrogens is 992 g/mol. The average Bonchev–Trinajstić information content (AvgIpc) is 2.91. The van der Waals surface area contributed by atoms with E-state index in [1.807, 2.05) is 12.1 Å². The van der Waals surface area contributed by atoms with Crippen molar-refractivity contribution in [2.45, 2.75) is 52.4 Å². The van der Waals surface area contributed by atoms with E-state index >= 15 is 0 Å². The number of nitrogens with zero attached hydrogens (tertiary/aromatic N) is 2. The van der Waals surface area contributed by atoms with Crippen LogP contribution >= 0.6 is 0 Å². The fourth-order valence-corrected chi connectivity index (χ4v) is 14.2. The molecule has 2 aliphatic carbocycles. The molecule has 2 aromatic heterocycles. The van der Waals surface area contributed by atoms with Crippen LogP contribution in [0.5, 0.6) is 23.0 Å². The molecule has 81 heavy (non-hydrogen) atoms. The number of anilines is 6. The van der Waals surface area contributed by atoms with E-state index in [4.69, 9.17) is 18.3 Å². The minimum atomic E-state index is -0.352. The normalized spacial score (nSPS) is 14.4. The second-order valence-corrected chi connectivity index (χ2v) is 23.7. The molecule has 0 radical (unpaired) electrons. The van der Waals surface area contributed by atoms with E-state index in [9.17, 15) is 0 Å². The monoisotopic (exact) mass is 1040 g/mol. The van der Waals surface area contributed by atoms with Gasteiger partial charge in [-0.25, -0.2) is 0 Å². The summed E-state index contributed by atoms with van der Waals surface area (Å²) in [6.45, 7) is 13.7. The zero-order chi connectivity index (χ0) is 54.2. The Balaban J connectivity index is 0.780. The van der Waals surface area contributed by atoms with Crippen LogP contribution in [-0.2, 0) is 10.8 Å². The molecule has 0 spiro atoms. The lowest BCUT2D eigenvalue weighted by Gasteiger charge is -2.35. The van der Waals surface area contributed by atoms with Gasteiger partial charge in [-0.05, 0) is 166 Å². The molecule has 0 saturated carbocycles. The Morgan fingerprint density at radius 1 is 0.346 bits per heavy atom. The van der Waals surface area contributed by atoms with Gasteiger partial charge in [-0.15, -0.1) is 0 Å². The van der Waals surface area contributed by atoms with Crippen molar-refractivity contribution < 1.29 is 18.3 Å². The van der Waals surface area contributed by atoms with Crippen LogP contribution < -0.4 is 35.7 Å². The number of benzene rings is 11. The van der Waals surface area contributed by atoms with Gasteiger partial charge >= 0.3 is 0 Å². The van der Waals surface area contributed by atoms with Crippen molar-refractivity contribution in [3.05, 3.63) is 246 Å². The van der Waals surface area contributed by atoms with Gasteiger partial charge in [-0.2, -0.15) is 0 Å². The van der Waals surface area contributed by atoms with Gasteiger partial charge in [-0.1, -0.05) is 154 Å². The zero-order valence-electron chi connectivity index (χ0n) is 45.8. The van der Waals surface area contributed by atoms with E-state index in [0.717, 1.165) is 117 Å². The van der Waals surface area contributed by atoms with Gasteiger partial charge < -0.3 is 28.1 Å². The SMILES string of the molecule is Cc1ccc(N(c2ccc3c(c2)C(C)(C)c2cc4c(cc2-3)Oc2cccc3c2B4c2cc4c(cc2O3)-c2ccc(N(c3ccc(C)cc3)c3cccc5c3oc3ccccc35)cc2C4(C)C)c2cccc3c2oc2ccccc23)cc1. The fraction of sp³-hybridized carbons (Fsp3) is 0.108. The van der Waals surface area contributed by atoms with Crippen molar-refractivity contribution in [3.63, 3.8) is 0 Å². The van der Waals surface area contributed by atoms with Gasteiger partial charge in [0, 0.05) is 60.6 Å². The van der Waals surface area contributed by atoms with Crippen LogP contribution in [0, 0.1) is 13.8 Å². The highest BCUT2D eigenvalue weighted by Crippen LogP contribution is 2.55. The third-order valence-corrected chi connectivity index (χ3v) is 18.3. The third kappa shape index (κ3) is 6.51. The van der Waals surface area contributed by atoms with Crippen LogP contribution in [0.2, 0.25) is 0 Å². The second kappa shape index (κ2) is 16.4. The lowest BCUT2D eigenvalue weighted by molar-refractivity contribution is 0.464. The quantitative estimate of drug-likeness (QED) is 0.155. The maximum absolute atomic E-state index is 7.03. The van der Waals surface area contributed by atoms with E-state index in [-0.39, 0.29) is 17.5 Å². The topological polar surface area (TPSA) is 51.2 Å². The molecule has 0 saturated heterocycles. The molecule has 4 heterocycles. The van der Waals surface area contributed by atoms with Crippen molar-refractivity contribution in [3.8, 4) is 45.3 Å². The summed E-state index contributed by atoms with van der Waals surface area (Å²) in [7, 11) is 0. The average molecular weight is 1050 g/mol. The zero-order valence-corrected chi connectivity index (χ0v) is 45.8. The van der Waals surface area contributed by atoms with Gasteiger partial charge in [0.1, 0.15) is 34.2 Å². The molecule has 6 nitrogen and oxygen atoms in total. The van der Waals surface area contributed by atoms with Crippen LogP contribution in [0.3, 0.4) is 0 Å². The number of hydrogen-bond acceptors (Lipinski definition) is 6. The summed E-state index contributed by atoms with van der Waals surface area (Å²) in [5.74, 6) is 3.43. The molecule has 17 rings (SSSR count). The minimum absolute atomic E-state index is 0.118. The molecule has 0 bridgehead atoms. The van der Waals surface area contributed by atoms with E-state index in [1.165, 1.54) is 55.6 Å². The predicted octanol–water partition coefficient (Wildman–Crippen LogP) is 18.4. The largest absolute Gasteiger partial charge is 0.458 e. The summed E-state index contributed by atoms with van der Waals surface area (Å²) in [6, 6.07) is 77.0. The molecule has 0 amide bonds. The number of furan rings is 2. The molecule has 13 aromatic rings. The first-order chi connectivity index (χ1) is 39.5. The lowest BCUT2D eigenvalue weighted by Crippen LogP contribution is -2.57. The third-order valence-electron chi connectivity index (χ3n) is 18.3. The van der Waals surface area contributed by atoms with Crippen LogP contribution in [0.1, 0.15) is 61.1 Å². The van der Waals surface area contributed by atoms with Gasteiger partial charge in [0.05, 0.1) is 11.4 Å². The molecule has 0 N–H and O–H groups in total. The number of fused-ring (bicyclic) bond motifs is 16. The van der Waals surface area contributed by atoms with Crippen molar-refractivity contribution >= 4 is 101 Å². The van der Waals surface area contributed by atoms with Crippen molar-refractivity contribution in [2.75, 3.05) is 9.80 Å². The Labute approximate surface area is 470 Å². The summed E-state index contributed by atoms with van der Waals surface area (Å²) in [4.78, 5) is 4.72. The Bertz CT molecular complexity index is 4570. The molecule has 7 heteroatoms. The second-order valence-electron chi connectivity index (χ2n) is 23.7. The molecule has 386 valence electrons. The molecule has 0 unspecified atom stereocenters. The number of hydrogen-bond donors (Lipinski definition) is 0. The maximum Gasteiger partial charge on any atom is 0.260 e. The van der Waals surface area contributed by atoms with Gasteiger partial charge in [0.15, 0.2) is 11.2 Å². The molecule has 11 aromatic carbocycles. The van der Waals surface area contributed by atoms with Crippen LogP contribution in [0.15, 0.2) is 221 Å². The van der Waals surface area contributed by atoms with Gasteiger partial charge in [0.25, 0.3) is 6.71 Å². The van der Waals surface area contributed by atoms with Crippen LogP contribution in [0.4, 0.5) is 34.1 Å². The number of rotatable bonds is 6. The number of aryl methyl sites for hydroxylation is 2. The fourth-order valence-electron chi connectivity index (χ4n) is 14.2. The summed E-state index contributed by atoms with van der Waals surface area (Å²) < 4.78 is 27.5. The van der Waals surface area contributed by atoms with Gasteiger partial charge in [0.2, 0.25) is 0 Å². The lowest BCUT2D eigenvalue weighted by atomic mass is 9.34. The van der Waals surface area contributed by atoms with E-state index in [2.05, 4.69) is 252 Å². The number of para-hydroxylation sites is 4. The van der Waals surface area contributed by atoms with Crippen LogP contribution in [-0.4, -0.2) is 6.71 Å². The van der Waals surface area contributed by atoms with Crippen molar-refractivity contribution in [1.29, 1.82) is 0 Å². The summed E-state index contributed by atoms with van der Waals surface area (Å²) in [5.41, 5.74) is 24.8. The molecule has 0 fully saturated rings. The smallest absolute Gasteiger partial charge is 0.260 e. The molecule has 0 atom stereocenters. The molecule has 4 aliphatic rings. The maximum atomic E-state index is 7.03. The highest BCUT2D eigenvalue weighted by Gasteiger charge is 2.46. The highest BCUT2D eigenvalue weighted by molar-refractivity contribution is 6.98. The van der Waals surface area contributed by atoms with E-state index in [1.54, 1.807) is 0 Å². The Hall–Kier alpha value is -9.72. The minimum Gasteiger partial charge on any atom is -0.458 e. The summed E-state index contributed by atoms with van der Waals surface area (Å²) in [5, 5.41) is 4.42. The highest BCUT2D eigenvalue weighted by atomic mass is 16.5. The van der Waals surface area contributed by atoms with Gasteiger partial charge in [-0.3, -0.25) is 0 Å². The Kier molecular flexibility index (Phi) is 9.38. The standard InChI is InChI=1S/C74H53BN2O4/c1-42-24-28-44(29-25-42)76(62-18-11-16-52-50-14-7-9-20-64(50)80-71(52)62)46-32-34-48-54-38-68-60(40-58(54)73(3,4)56(48)36-46)75-61-41-59-55(39-69(61)79-67-23-13-22-66(78-68)70(67)75)49-35-33-47(37-57(49)74(59,5)6)77(45-30-26-43(2)27-31-45)63-19-12-17-53-51-15-8-10-21-65(51)81-72(53)63/h7-41H,1-6H3. The first-order valence-corrected chi connectivity index (χ1v) is 28.2. The van der Waals surface area contributed by atoms with Crippen molar-refractivity contribution in [2.24, 2.45) is 0 Å². The van der Waals surface area contributed by atoms with E-state index < -0.39 is 0 Å². The predicted molar refractivity (Wildman–Crippen MR) is 333 cm³/mol. The number of ether oxygens (including phenoxy) is 2. The molecule has 2 aliphatic heterocycles. The summed E-state index contributed by atoms with van der Waals surface area (Å²) >= 11 is 0.